The van der Waals surface area contributed by atoms with E-state index in [0.29, 0.717) is 0 Å². The molecule has 0 aromatic heterocycles. The van der Waals surface area contributed by atoms with Crippen LogP contribution < -0.4 is 0 Å². The predicted molar refractivity (Wildman–Crippen MR) is 62.8 cm³/mol. The van der Waals surface area contributed by atoms with Gasteiger partial charge in [-0.1, -0.05) is 0 Å². The van der Waals surface area contributed by atoms with Crippen molar-refractivity contribution in [2.45, 2.75) is 30.8 Å². The smallest absolute Gasteiger partial charge is 0.360 e. The Kier molecular flexibility index (Phi) is 3.14. The minimum Gasteiger partial charge on any atom is -0.464 e. The average Bonchev–Trinajstić information content (AvgIpc) is 3.04. The maximum atomic E-state index is 12.6. The number of ether oxygens (including phenoxy) is 2. The van der Waals surface area contributed by atoms with Crippen LogP contribution in [0.4, 0.5) is 0 Å². The summed E-state index contributed by atoms with van der Waals surface area (Å²) in [6.45, 7) is 3.41. The van der Waals surface area contributed by atoms with Crippen LogP contribution in [0.15, 0.2) is 4.99 Å². The Balaban J connectivity index is 2.41. The number of fused-ring (bicyclic) bond motifs is 1. The van der Waals surface area contributed by atoms with Crippen molar-refractivity contribution in [3.63, 3.8) is 0 Å². The summed E-state index contributed by atoms with van der Waals surface area (Å²) in [6, 6.07) is 0. The van der Waals surface area contributed by atoms with Crippen molar-refractivity contribution in [2.75, 3.05) is 20.8 Å². The maximum absolute atomic E-state index is 12.6. The number of hydrogen-bond donors (Lipinski definition) is 0. The average molecular weight is 277 g/mol. The molecule has 0 spiro atoms. The Morgan fingerprint density at radius 1 is 1.50 bits per heavy atom. The molecular formula is C10H16NO6P. The van der Waals surface area contributed by atoms with Crippen LogP contribution in [-0.4, -0.2) is 50.0 Å². The molecule has 0 saturated carbocycles. The van der Waals surface area contributed by atoms with Crippen molar-refractivity contribution in [1.82, 2.24) is 0 Å². The van der Waals surface area contributed by atoms with Gasteiger partial charge in [0.25, 0.3) is 0 Å². The highest BCUT2D eigenvalue weighted by Crippen LogP contribution is 2.71. The van der Waals surface area contributed by atoms with Crippen molar-refractivity contribution in [1.29, 1.82) is 0 Å². The topological polar surface area (TPSA) is 86.7 Å². The van der Waals surface area contributed by atoms with Crippen LogP contribution in [0.3, 0.4) is 0 Å². The number of esters is 1. The zero-order valence-electron chi connectivity index (χ0n) is 10.7. The SMILES string of the molecule is CCOC(=O)[C@@]12OC1C=N[C@@]2(C)P(=O)(OC)OC. The highest BCUT2D eigenvalue weighted by molar-refractivity contribution is 7.55. The van der Waals surface area contributed by atoms with Crippen molar-refractivity contribution in [2.24, 2.45) is 4.99 Å². The van der Waals surface area contributed by atoms with Crippen LogP contribution >= 0.6 is 7.60 Å². The summed E-state index contributed by atoms with van der Waals surface area (Å²) in [5, 5.41) is -1.42. The number of epoxide rings is 1. The van der Waals surface area contributed by atoms with Crippen LogP contribution in [0, 0.1) is 0 Å². The van der Waals surface area contributed by atoms with Crippen LogP contribution in [0.25, 0.3) is 0 Å². The second-order valence-corrected chi connectivity index (χ2v) is 6.75. The molecule has 1 unspecified atom stereocenters. The van der Waals surface area contributed by atoms with E-state index in [4.69, 9.17) is 18.5 Å². The Morgan fingerprint density at radius 3 is 2.56 bits per heavy atom. The fraction of sp³-hybridized carbons (Fsp3) is 0.800. The fourth-order valence-electron chi connectivity index (χ4n) is 2.29. The lowest BCUT2D eigenvalue weighted by Gasteiger charge is -2.32. The molecule has 2 heterocycles. The first kappa shape index (κ1) is 13.7. The molecule has 0 aromatic carbocycles. The molecule has 3 atom stereocenters. The van der Waals surface area contributed by atoms with E-state index in [9.17, 15) is 9.36 Å². The molecule has 18 heavy (non-hydrogen) atoms. The lowest BCUT2D eigenvalue weighted by atomic mass is 10.0. The summed E-state index contributed by atoms with van der Waals surface area (Å²) in [5.74, 6) is -0.593. The summed E-state index contributed by atoms with van der Waals surface area (Å²) in [5.41, 5.74) is -1.38. The Labute approximate surface area is 105 Å². The summed E-state index contributed by atoms with van der Waals surface area (Å²) in [4.78, 5) is 16.2. The molecule has 0 bridgehead atoms. The normalized spacial score (nSPS) is 37.4. The van der Waals surface area contributed by atoms with Gasteiger partial charge in [0.05, 0.1) is 6.61 Å². The van der Waals surface area contributed by atoms with Gasteiger partial charge in [-0.3, -0.25) is 9.56 Å². The highest BCUT2D eigenvalue weighted by atomic mass is 31.2. The lowest BCUT2D eigenvalue weighted by molar-refractivity contribution is -0.151. The van der Waals surface area contributed by atoms with Crippen LogP contribution in [0.5, 0.6) is 0 Å². The van der Waals surface area contributed by atoms with Gasteiger partial charge in [-0.15, -0.1) is 0 Å². The number of hydrogen-bond acceptors (Lipinski definition) is 7. The van der Waals surface area contributed by atoms with E-state index in [1.54, 1.807) is 6.92 Å². The highest BCUT2D eigenvalue weighted by Gasteiger charge is 2.82. The quantitative estimate of drug-likeness (QED) is 0.423. The van der Waals surface area contributed by atoms with Crippen LogP contribution in [0.2, 0.25) is 0 Å². The molecule has 102 valence electrons. The van der Waals surface area contributed by atoms with Gasteiger partial charge in [-0.2, -0.15) is 0 Å². The molecule has 0 aromatic rings. The minimum atomic E-state index is -3.62. The van der Waals surface area contributed by atoms with E-state index in [1.165, 1.54) is 27.4 Å². The third-order valence-electron chi connectivity index (χ3n) is 3.41. The first-order valence-electron chi connectivity index (χ1n) is 5.54. The van der Waals surface area contributed by atoms with Gasteiger partial charge in [0.15, 0.2) is 0 Å². The Morgan fingerprint density at radius 2 is 2.11 bits per heavy atom. The van der Waals surface area contributed by atoms with Crippen molar-refractivity contribution in [3.8, 4) is 0 Å². The number of carbonyl (C=O) groups is 1. The van der Waals surface area contributed by atoms with Gasteiger partial charge in [0, 0.05) is 20.4 Å². The predicted octanol–water partition coefficient (Wildman–Crippen LogP) is 0.974. The molecule has 0 radical (unpaired) electrons. The molecule has 8 heteroatoms. The molecule has 0 N–H and O–H groups in total. The largest absolute Gasteiger partial charge is 0.464 e. The van der Waals surface area contributed by atoms with Crippen molar-refractivity contribution < 1.29 is 27.9 Å². The van der Waals surface area contributed by atoms with Gasteiger partial charge in [-0.05, 0) is 13.8 Å². The van der Waals surface area contributed by atoms with E-state index in [2.05, 4.69) is 4.99 Å². The lowest BCUT2D eigenvalue weighted by Crippen LogP contribution is -2.47. The molecular weight excluding hydrogens is 261 g/mol. The summed E-state index contributed by atoms with van der Waals surface area (Å²) in [6.07, 6.45) is 0.918. The van der Waals surface area contributed by atoms with Crippen molar-refractivity contribution >= 4 is 19.8 Å². The van der Waals surface area contributed by atoms with Gasteiger partial charge in [0.2, 0.25) is 10.9 Å². The summed E-state index contributed by atoms with van der Waals surface area (Å²) >= 11 is 0. The van der Waals surface area contributed by atoms with Crippen LogP contribution in [0.1, 0.15) is 13.8 Å². The first-order chi connectivity index (χ1) is 8.41. The second-order valence-electron chi connectivity index (χ2n) is 4.16. The standard InChI is InChI=1S/C10H16NO6P/c1-5-16-8(12)10-7(17-10)6-11-9(10,2)18(13,14-3)15-4/h6-7H,5H2,1-4H3/t7?,9-,10-/m0/s1. The van der Waals surface area contributed by atoms with E-state index >= 15 is 0 Å². The van der Waals surface area contributed by atoms with Gasteiger partial charge in [0.1, 0.15) is 6.10 Å². The molecule has 0 amide bonds. The number of carbonyl (C=O) groups excluding carboxylic acids is 1. The van der Waals surface area contributed by atoms with Gasteiger partial charge < -0.3 is 18.5 Å². The second kappa shape index (κ2) is 4.13. The van der Waals surface area contributed by atoms with E-state index in [1.807, 2.05) is 0 Å². The van der Waals surface area contributed by atoms with E-state index in [-0.39, 0.29) is 6.61 Å². The van der Waals surface area contributed by atoms with Gasteiger partial charge in [-0.25, -0.2) is 4.79 Å². The summed E-state index contributed by atoms with van der Waals surface area (Å²) < 4.78 is 32.8. The Hall–Kier alpha value is -0.750. The van der Waals surface area contributed by atoms with Crippen molar-refractivity contribution in [3.05, 3.63) is 0 Å². The monoisotopic (exact) mass is 277 g/mol. The molecule has 2 rings (SSSR count). The summed E-state index contributed by atoms with van der Waals surface area (Å²) in [7, 11) is -1.12. The molecule has 7 nitrogen and oxygen atoms in total. The molecule has 2 aliphatic heterocycles. The zero-order valence-corrected chi connectivity index (χ0v) is 11.6. The molecule has 0 aliphatic carbocycles. The molecule has 1 fully saturated rings. The first-order valence-corrected chi connectivity index (χ1v) is 7.08. The third-order valence-corrected chi connectivity index (χ3v) is 5.89. The van der Waals surface area contributed by atoms with E-state index < -0.39 is 30.6 Å². The van der Waals surface area contributed by atoms with E-state index in [0.717, 1.165) is 0 Å². The Bertz CT molecular complexity index is 444. The number of rotatable bonds is 5. The fourth-order valence-corrected chi connectivity index (χ4v) is 4.04. The molecule has 2 aliphatic rings. The number of aliphatic imine (C=N–C) groups is 1. The third kappa shape index (κ3) is 1.39. The van der Waals surface area contributed by atoms with Crippen LogP contribution in [-0.2, 0) is 27.9 Å². The number of nitrogens with zero attached hydrogens (tertiary/aromatic N) is 1. The minimum absolute atomic E-state index is 0.205. The van der Waals surface area contributed by atoms with Gasteiger partial charge >= 0.3 is 13.6 Å². The maximum Gasteiger partial charge on any atom is 0.360 e. The molecule has 1 saturated heterocycles. The zero-order chi connectivity index (χ0) is 13.6.